The second-order valence-electron chi connectivity index (χ2n) is 11.4. The van der Waals surface area contributed by atoms with Crippen LogP contribution in [0.4, 0.5) is 0 Å². The zero-order valence-electron chi connectivity index (χ0n) is 22.1. The number of hydrogen-bond donors (Lipinski definition) is 1. The lowest BCUT2D eigenvalue weighted by molar-refractivity contribution is -0.143. The predicted molar refractivity (Wildman–Crippen MR) is 143 cm³/mol. The highest BCUT2D eigenvalue weighted by Gasteiger charge is 2.31. The molecule has 1 aliphatic carbocycles. The van der Waals surface area contributed by atoms with Crippen LogP contribution in [0.15, 0.2) is 12.1 Å². The summed E-state index contributed by atoms with van der Waals surface area (Å²) in [6, 6.07) is 4.47. The van der Waals surface area contributed by atoms with Crippen LogP contribution >= 0.6 is 11.3 Å². The van der Waals surface area contributed by atoms with E-state index in [-0.39, 0.29) is 5.92 Å². The summed E-state index contributed by atoms with van der Waals surface area (Å²) >= 11 is 1.63. The molecule has 0 spiro atoms. The number of fused-ring (bicyclic) bond motifs is 1. The molecule has 1 N–H and O–H groups in total. The summed E-state index contributed by atoms with van der Waals surface area (Å²) < 4.78 is 2.04. The molecule has 0 radical (unpaired) electrons. The first-order valence-electron chi connectivity index (χ1n) is 13.1. The number of carbonyl (C=O) groups is 1. The molecule has 0 unspecified atom stereocenters. The molecule has 1 saturated heterocycles. The minimum absolute atomic E-state index is 0.177. The first-order valence-corrected chi connectivity index (χ1v) is 13.9. The summed E-state index contributed by atoms with van der Waals surface area (Å²) in [7, 11) is 2.05. The van der Waals surface area contributed by atoms with Crippen LogP contribution in [-0.4, -0.2) is 55.6 Å². The van der Waals surface area contributed by atoms with Crippen LogP contribution in [0, 0.1) is 25.2 Å². The Bertz CT molecular complexity index is 1260. The Balaban J connectivity index is 1.31. The average Bonchev–Trinajstić information content (AvgIpc) is 3.43. The highest BCUT2D eigenvalue weighted by Crippen LogP contribution is 2.40. The van der Waals surface area contributed by atoms with Crippen molar-refractivity contribution in [2.24, 2.45) is 18.4 Å². The molecule has 3 heterocycles. The molecule has 1 fully saturated rings. The lowest BCUT2D eigenvalue weighted by Gasteiger charge is -2.30. The van der Waals surface area contributed by atoms with E-state index in [2.05, 4.69) is 54.9 Å². The van der Waals surface area contributed by atoms with Crippen LogP contribution in [-0.2, 0) is 31.1 Å². The monoisotopic (exact) mass is 507 g/mol. The molecule has 0 bridgehead atoms. The van der Waals surface area contributed by atoms with Crippen LogP contribution in [0.3, 0.4) is 0 Å². The molecular formula is C28H37N5O2S. The van der Waals surface area contributed by atoms with Gasteiger partial charge in [-0.15, -0.1) is 10.2 Å². The minimum Gasteiger partial charge on any atom is -0.481 e. The highest BCUT2D eigenvalue weighted by molar-refractivity contribution is 7.17. The third-order valence-corrected chi connectivity index (χ3v) is 9.14. The number of benzene rings is 1. The van der Waals surface area contributed by atoms with Crippen molar-refractivity contribution < 1.29 is 9.90 Å². The number of carboxylic acids is 1. The van der Waals surface area contributed by atoms with Gasteiger partial charge in [-0.2, -0.15) is 5.10 Å². The summed E-state index contributed by atoms with van der Waals surface area (Å²) in [5.74, 6) is -0.826. The Hall–Kier alpha value is -2.58. The van der Waals surface area contributed by atoms with E-state index >= 15 is 0 Å². The van der Waals surface area contributed by atoms with Gasteiger partial charge in [0.15, 0.2) is 5.01 Å². The zero-order valence-corrected chi connectivity index (χ0v) is 22.9. The second kappa shape index (κ2) is 9.71. The standard InChI is InChI=1S/C28H37N5O2S/c1-17-14-20(15-18(2)21(17)9-13-33-11-7-19(8-12-33)27(34)35)25-29-30-26(36-25)24-22-6-10-28(3,4)16-23(22)32(5)31-24/h14-15,19H,6-13,16H2,1-5H3,(H,34,35). The van der Waals surface area contributed by atoms with E-state index < -0.39 is 5.97 Å². The molecule has 3 aromatic rings. The van der Waals surface area contributed by atoms with Crippen molar-refractivity contribution in [1.82, 2.24) is 24.9 Å². The van der Waals surface area contributed by atoms with Gasteiger partial charge >= 0.3 is 5.97 Å². The Morgan fingerprint density at radius 2 is 1.81 bits per heavy atom. The largest absolute Gasteiger partial charge is 0.481 e. The highest BCUT2D eigenvalue weighted by atomic mass is 32.1. The van der Waals surface area contributed by atoms with Crippen LogP contribution < -0.4 is 0 Å². The molecule has 0 saturated carbocycles. The lowest BCUT2D eigenvalue weighted by Crippen LogP contribution is -2.37. The van der Waals surface area contributed by atoms with Gasteiger partial charge in [0, 0.05) is 30.4 Å². The number of aromatic nitrogens is 4. The maximum absolute atomic E-state index is 11.2. The SMILES string of the molecule is Cc1cc(-c2nnc(-c3nn(C)c4c3CCC(C)(C)C4)s2)cc(C)c1CCN1CCC(C(=O)O)CC1. The average molecular weight is 508 g/mol. The van der Waals surface area contributed by atoms with E-state index in [9.17, 15) is 9.90 Å². The van der Waals surface area contributed by atoms with Crippen LogP contribution in [0.5, 0.6) is 0 Å². The van der Waals surface area contributed by atoms with Crippen LogP contribution in [0.2, 0.25) is 0 Å². The number of aliphatic carboxylic acids is 1. The molecule has 0 atom stereocenters. The number of piperidine rings is 1. The number of hydrogen-bond acceptors (Lipinski definition) is 6. The van der Waals surface area contributed by atoms with E-state index in [0.29, 0.717) is 5.41 Å². The smallest absolute Gasteiger partial charge is 0.306 e. The van der Waals surface area contributed by atoms with Gasteiger partial charge in [-0.25, -0.2) is 0 Å². The summed E-state index contributed by atoms with van der Waals surface area (Å²) in [5.41, 5.74) is 9.05. The summed E-state index contributed by atoms with van der Waals surface area (Å²) in [5, 5.41) is 25.1. The Labute approximate surface area is 217 Å². The van der Waals surface area contributed by atoms with Gasteiger partial charge in [0.05, 0.1) is 5.92 Å². The van der Waals surface area contributed by atoms with Crippen LogP contribution in [0.25, 0.3) is 21.3 Å². The first-order chi connectivity index (χ1) is 17.1. The molecule has 7 nitrogen and oxygen atoms in total. The number of rotatable bonds is 6. The van der Waals surface area contributed by atoms with Crippen molar-refractivity contribution in [1.29, 1.82) is 0 Å². The molecular weight excluding hydrogens is 470 g/mol. The van der Waals surface area contributed by atoms with Crippen molar-refractivity contribution in [2.45, 2.75) is 66.2 Å². The Kier molecular flexibility index (Phi) is 6.76. The molecule has 1 aromatic carbocycles. The number of likely N-dealkylation sites (tertiary alicyclic amines) is 1. The maximum Gasteiger partial charge on any atom is 0.306 e. The predicted octanol–water partition coefficient (Wildman–Crippen LogP) is 5.08. The maximum atomic E-state index is 11.2. The normalized spacial score (nSPS) is 18.4. The van der Waals surface area contributed by atoms with Crippen molar-refractivity contribution in [3.8, 4) is 21.3 Å². The Morgan fingerprint density at radius 1 is 1.14 bits per heavy atom. The molecule has 5 rings (SSSR count). The van der Waals surface area contributed by atoms with Gasteiger partial charge in [-0.1, -0.05) is 25.2 Å². The van der Waals surface area contributed by atoms with Crippen molar-refractivity contribution in [3.05, 3.63) is 40.1 Å². The summed E-state index contributed by atoms with van der Waals surface area (Å²) in [6.45, 7) is 11.7. The van der Waals surface area contributed by atoms with Crippen molar-refractivity contribution in [3.63, 3.8) is 0 Å². The van der Waals surface area contributed by atoms with E-state index in [1.165, 1.54) is 34.4 Å². The van der Waals surface area contributed by atoms with Gasteiger partial charge in [-0.3, -0.25) is 9.48 Å². The number of aryl methyl sites for hydroxylation is 3. The van der Waals surface area contributed by atoms with Gasteiger partial charge in [0.25, 0.3) is 0 Å². The zero-order chi connectivity index (χ0) is 25.6. The summed E-state index contributed by atoms with van der Waals surface area (Å²) in [6.07, 6.45) is 5.75. The third-order valence-electron chi connectivity index (χ3n) is 8.16. The van der Waals surface area contributed by atoms with Crippen LogP contribution in [0.1, 0.15) is 61.1 Å². The third kappa shape index (κ3) is 4.98. The molecule has 36 heavy (non-hydrogen) atoms. The van der Waals surface area contributed by atoms with E-state index in [4.69, 9.17) is 5.10 Å². The molecule has 2 aromatic heterocycles. The fourth-order valence-corrected chi connectivity index (χ4v) is 6.73. The fourth-order valence-electron chi connectivity index (χ4n) is 5.88. The topological polar surface area (TPSA) is 84.1 Å². The molecule has 1 aliphatic heterocycles. The van der Waals surface area contributed by atoms with Crippen molar-refractivity contribution >= 4 is 17.3 Å². The molecule has 8 heteroatoms. The molecule has 2 aliphatic rings. The van der Waals surface area contributed by atoms with Gasteiger partial charge in [0.1, 0.15) is 10.7 Å². The van der Waals surface area contributed by atoms with E-state index in [1.807, 2.05) is 11.7 Å². The van der Waals surface area contributed by atoms with Gasteiger partial charge in [0.2, 0.25) is 0 Å². The quantitative estimate of drug-likeness (QED) is 0.501. The van der Waals surface area contributed by atoms with E-state index in [1.54, 1.807) is 11.3 Å². The minimum atomic E-state index is -0.649. The second-order valence-corrected chi connectivity index (χ2v) is 12.4. The lowest BCUT2D eigenvalue weighted by atomic mass is 9.76. The number of carboxylic acid groups (broad SMARTS) is 1. The first kappa shape index (κ1) is 25.1. The summed E-state index contributed by atoms with van der Waals surface area (Å²) in [4.78, 5) is 13.6. The van der Waals surface area contributed by atoms with Gasteiger partial charge < -0.3 is 10.0 Å². The molecule has 192 valence electrons. The van der Waals surface area contributed by atoms with Crippen molar-refractivity contribution in [2.75, 3.05) is 19.6 Å². The number of nitrogens with zero attached hydrogens (tertiary/aromatic N) is 5. The Morgan fingerprint density at radius 3 is 2.47 bits per heavy atom. The molecule has 0 amide bonds. The fraction of sp³-hybridized carbons (Fsp3) is 0.571. The van der Waals surface area contributed by atoms with Gasteiger partial charge in [-0.05, 0) is 99.7 Å². The van der Waals surface area contributed by atoms with E-state index in [0.717, 1.165) is 73.0 Å².